The minimum atomic E-state index is 0.162. The fourth-order valence-electron chi connectivity index (χ4n) is 2.80. The van der Waals surface area contributed by atoms with Crippen LogP contribution in [0.4, 0.5) is 0 Å². The van der Waals surface area contributed by atoms with Gasteiger partial charge in [-0.15, -0.1) is 0 Å². The van der Waals surface area contributed by atoms with Gasteiger partial charge in [0, 0.05) is 16.6 Å². The normalized spacial score (nSPS) is 16.0. The lowest BCUT2D eigenvalue weighted by atomic mass is 9.94. The molecule has 0 radical (unpaired) electrons. The summed E-state index contributed by atoms with van der Waals surface area (Å²) < 4.78 is 1.17. The summed E-state index contributed by atoms with van der Waals surface area (Å²) in [4.78, 5) is 2.61. The van der Waals surface area contributed by atoms with Crippen LogP contribution in [0.2, 0.25) is 0 Å². The van der Waals surface area contributed by atoms with Gasteiger partial charge in [-0.3, -0.25) is 4.90 Å². The summed E-state index contributed by atoms with van der Waals surface area (Å²) in [7, 11) is 0. The number of hydrogen-bond acceptors (Lipinski definition) is 2. The molecule has 21 heavy (non-hydrogen) atoms. The molecule has 0 aliphatic carbocycles. The number of halogens is 1. The fourth-order valence-corrected chi connectivity index (χ4v) is 3.32. The molecule has 0 saturated heterocycles. The molecule has 0 amide bonds. The third-order valence-corrected chi connectivity index (χ3v) is 5.11. The van der Waals surface area contributed by atoms with E-state index in [0.29, 0.717) is 6.04 Å². The molecule has 2 nitrogen and oxygen atoms in total. The molecule has 0 saturated carbocycles. The molecule has 3 heteroatoms. The van der Waals surface area contributed by atoms with Gasteiger partial charge in [0.1, 0.15) is 0 Å². The molecular weight excluding hydrogens is 324 g/mol. The maximum Gasteiger partial charge on any atom is 0.0513 e. The number of rotatable bonds is 9. The predicted molar refractivity (Wildman–Crippen MR) is 96.5 cm³/mol. The number of nitrogens with two attached hydrogens (primary N) is 1. The van der Waals surface area contributed by atoms with Gasteiger partial charge in [-0.25, -0.2) is 0 Å². The van der Waals surface area contributed by atoms with E-state index in [2.05, 4.69) is 72.8 Å². The highest BCUT2D eigenvalue weighted by Gasteiger charge is 2.29. The molecule has 1 aromatic rings. The summed E-state index contributed by atoms with van der Waals surface area (Å²) >= 11 is 3.72. The minimum absolute atomic E-state index is 0.162. The Kier molecular flexibility index (Phi) is 8.53. The van der Waals surface area contributed by atoms with Crippen molar-refractivity contribution < 1.29 is 0 Å². The first-order valence-corrected chi connectivity index (χ1v) is 9.11. The van der Waals surface area contributed by atoms with Crippen LogP contribution in [0.5, 0.6) is 0 Å². The maximum absolute atomic E-state index is 6.52. The van der Waals surface area contributed by atoms with Crippen molar-refractivity contribution in [3.05, 3.63) is 34.3 Å². The Morgan fingerprint density at radius 1 is 1.14 bits per heavy atom. The highest BCUT2D eigenvalue weighted by molar-refractivity contribution is 9.10. The van der Waals surface area contributed by atoms with E-state index in [1.165, 1.54) is 22.9 Å². The fraction of sp³-hybridized carbons (Fsp3) is 0.667. The van der Waals surface area contributed by atoms with Gasteiger partial charge < -0.3 is 5.73 Å². The zero-order valence-corrected chi connectivity index (χ0v) is 15.6. The van der Waals surface area contributed by atoms with Crippen molar-refractivity contribution in [1.29, 1.82) is 0 Å². The molecule has 0 aromatic heterocycles. The second-order valence-electron chi connectivity index (χ2n) is 5.89. The number of hydrogen-bond donors (Lipinski definition) is 1. The van der Waals surface area contributed by atoms with Crippen molar-refractivity contribution in [2.75, 3.05) is 6.54 Å². The zero-order valence-electron chi connectivity index (χ0n) is 14.0. The van der Waals surface area contributed by atoms with E-state index in [-0.39, 0.29) is 12.1 Å². The molecule has 3 unspecified atom stereocenters. The molecule has 0 bridgehead atoms. The molecule has 0 aliphatic heterocycles. The standard InChI is InChI=1S/C18H31BrN2/c1-5-8-13-21(14(4)6-2)18(17(20)7-3)15-11-9-10-12-16(15)19/h9-12,14,17-18H,5-8,13,20H2,1-4H3. The average molecular weight is 355 g/mol. The second kappa shape index (κ2) is 9.60. The van der Waals surface area contributed by atoms with Gasteiger partial charge in [-0.05, 0) is 44.4 Å². The Balaban J connectivity index is 3.16. The number of benzene rings is 1. The number of nitrogens with zero attached hydrogens (tertiary/aromatic N) is 1. The molecule has 0 heterocycles. The molecule has 3 atom stereocenters. The van der Waals surface area contributed by atoms with Crippen molar-refractivity contribution in [2.24, 2.45) is 5.73 Å². The van der Waals surface area contributed by atoms with Gasteiger partial charge in [-0.1, -0.05) is 61.3 Å². The highest BCUT2D eigenvalue weighted by Crippen LogP contribution is 2.33. The maximum atomic E-state index is 6.52. The summed E-state index contributed by atoms with van der Waals surface area (Å²) in [5, 5.41) is 0. The Hall–Kier alpha value is -0.380. The summed E-state index contributed by atoms with van der Waals surface area (Å²) in [6.45, 7) is 10.1. The molecule has 120 valence electrons. The SMILES string of the molecule is CCCCN(C(C)CC)C(c1ccccc1Br)C(N)CC. The summed E-state index contributed by atoms with van der Waals surface area (Å²) in [5.74, 6) is 0. The predicted octanol–water partition coefficient (Wildman–Crippen LogP) is 5.13. The van der Waals surface area contributed by atoms with Gasteiger partial charge >= 0.3 is 0 Å². The Morgan fingerprint density at radius 3 is 2.33 bits per heavy atom. The van der Waals surface area contributed by atoms with Crippen LogP contribution in [0.1, 0.15) is 65.0 Å². The third-order valence-electron chi connectivity index (χ3n) is 4.38. The lowest BCUT2D eigenvalue weighted by molar-refractivity contribution is 0.115. The van der Waals surface area contributed by atoms with Gasteiger partial charge in [0.05, 0.1) is 6.04 Å². The third kappa shape index (κ3) is 5.08. The monoisotopic (exact) mass is 354 g/mol. The molecule has 1 aromatic carbocycles. The Labute approximate surface area is 139 Å². The molecule has 0 spiro atoms. The quantitative estimate of drug-likeness (QED) is 0.665. The van der Waals surface area contributed by atoms with E-state index in [4.69, 9.17) is 5.73 Å². The van der Waals surface area contributed by atoms with Crippen LogP contribution >= 0.6 is 15.9 Å². The van der Waals surface area contributed by atoms with E-state index in [0.717, 1.165) is 19.4 Å². The van der Waals surface area contributed by atoms with E-state index < -0.39 is 0 Å². The van der Waals surface area contributed by atoms with Crippen LogP contribution in [0, 0.1) is 0 Å². The van der Waals surface area contributed by atoms with Crippen LogP contribution in [0.3, 0.4) is 0 Å². The van der Waals surface area contributed by atoms with Crippen LogP contribution < -0.4 is 5.73 Å². The minimum Gasteiger partial charge on any atom is -0.326 e. The van der Waals surface area contributed by atoms with Crippen LogP contribution in [-0.4, -0.2) is 23.5 Å². The van der Waals surface area contributed by atoms with Crippen LogP contribution in [0.15, 0.2) is 28.7 Å². The first kappa shape index (κ1) is 18.7. The van der Waals surface area contributed by atoms with Crippen molar-refractivity contribution in [3.8, 4) is 0 Å². The Bertz CT molecular complexity index is 408. The van der Waals surface area contributed by atoms with Gasteiger partial charge in [0.15, 0.2) is 0 Å². The van der Waals surface area contributed by atoms with Crippen molar-refractivity contribution in [2.45, 2.75) is 71.5 Å². The van der Waals surface area contributed by atoms with Gasteiger partial charge in [0.25, 0.3) is 0 Å². The first-order chi connectivity index (χ1) is 10.1. The Morgan fingerprint density at radius 2 is 1.81 bits per heavy atom. The molecule has 0 aliphatic rings. The van der Waals surface area contributed by atoms with Crippen molar-refractivity contribution in [1.82, 2.24) is 4.90 Å². The summed E-state index contributed by atoms with van der Waals surface area (Å²) in [6.07, 6.45) is 4.59. The summed E-state index contributed by atoms with van der Waals surface area (Å²) in [6, 6.07) is 9.52. The smallest absolute Gasteiger partial charge is 0.0513 e. The largest absolute Gasteiger partial charge is 0.326 e. The highest BCUT2D eigenvalue weighted by atomic mass is 79.9. The van der Waals surface area contributed by atoms with E-state index >= 15 is 0 Å². The van der Waals surface area contributed by atoms with Crippen molar-refractivity contribution in [3.63, 3.8) is 0 Å². The van der Waals surface area contributed by atoms with Gasteiger partial charge in [0.2, 0.25) is 0 Å². The molecule has 0 fully saturated rings. The summed E-state index contributed by atoms with van der Waals surface area (Å²) in [5.41, 5.74) is 7.84. The van der Waals surface area contributed by atoms with E-state index in [9.17, 15) is 0 Å². The lowest BCUT2D eigenvalue weighted by Crippen LogP contribution is -2.45. The van der Waals surface area contributed by atoms with Gasteiger partial charge in [-0.2, -0.15) is 0 Å². The van der Waals surface area contributed by atoms with E-state index in [1.807, 2.05) is 0 Å². The van der Waals surface area contributed by atoms with Crippen LogP contribution in [-0.2, 0) is 0 Å². The first-order valence-electron chi connectivity index (χ1n) is 8.32. The molecule has 2 N–H and O–H groups in total. The van der Waals surface area contributed by atoms with Crippen molar-refractivity contribution >= 4 is 15.9 Å². The molecule has 1 rings (SSSR count). The van der Waals surface area contributed by atoms with Crippen LogP contribution in [0.25, 0.3) is 0 Å². The molecular formula is C18H31BrN2. The zero-order chi connectivity index (χ0) is 15.8. The number of unbranched alkanes of at least 4 members (excludes halogenated alkanes) is 1. The topological polar surface area (TPSA) is 29.3 Å². The second-order valence-corrected chi connectivity index (χ2v) is 6.74. The average Bonchev–Trinajstić information content (AvgIpc) is 2.51. The van der Waals surface area contributed by atoms with E-state index in [1.54, 1.807) is 0 Å². The lowest BCUT2D eigenvalue weighted by Gasteiger charge is -2.40.